The van der Waals surface area contributed by atoms with Crippen LogP contribution in [0.15, 0.2) is 242 Å². The Hall–Kier alpha value is -8.14. The van der Waals surface area contributed by atoms with Gasteiger partial charge in [-0.2, -0.15) is 0 Å². The summed E-state index contributed by atoms with van der Waals surface area (Å²) in [5, 5.41) is 0. The molecule has 3 heteroatoms. The molecular weight excluding hydrogens is 787 g/mol. The zero-order chi connectivity index (χ0) is 43.1. The number of hydrogen-bond donors (Lipinski definition) is 1. The largest absolute Gasteiger partial charge is 0.399 e. The third-order valence-corrected chi connectivity index (χ3v) is 14.5. The van der Waals surface area contributed by atoms with Crippen molar-refractivity contribution in [1.29, 1.82) is 0 Å². The van der Waals surface area contributed by atoms with E-state index in [9.17, 15) is 0 Å². The first kappa shape index (κ1) is 37.4. The third kappa shape index (κ3) is 5.24. The number of fused-ring (bicyclic) bond motifs is 15. The van der Waals surface area contributed by atoms with Crippen LogP contribution in [0.3, 0.4) is 0 Å². The number of benzene rings is 9. The monoisotopic (exact) mass is 831 g/mol. The second kappa shape index (κ2) is 14.5. The van der Waals surface area contributed by atoms with E-state index in [1.807, 2.05) is 12.1 Å². The molecule has 9 aromatic rings. The first-order valence-corrected chi connectivity index (χ1v) is 22.8. The van der Waals surface area contributed by atoms with Crippen molar-refractivity contribution in [2.45, 2.75) is 23.7 Å². The topological polar surface area (TPSA) is 32.5 Å². The van der Waals surface area contributed by atoms with Gasteiger partial charge in [-0.3, -0.25) is 0 Å². The van der Waals surface area contributed by atoms with Crippen molar-refractivity contribution in [3.05, 3.63) is 287 Å². The smallest absolute Gasteiger partial charge is 0.0720 e. The Morgan fingerprint density at radius 2 is 0.738 bits per heavy atom. The molecule has 9 aromatic carbocycles. The number of nitrogen functional groups attached to an aromatic ring is 1. The van der Waals surface area contributed by atoms with E-state index >= 15 is 0 Å². The summed E-state index contributed by atoms with van der Waals surface area (Å²) in [4.78, 5) is 4.73. The zero-order valence-electron chi connectivity index (χ0n) is 35.9. The molecule has 4 aliphatic rings. The van der Waals surface area contributed by atoms with E-state index in [1.54, 1.807) is 0 Å². The minimum absolute atomic E-state index is 0.515. The summed E-state index contributed by atoms with van der Waals surface area (Å²) in [6.07, 6.45) is 6.77. The lowest BCUT2D eigenvalue weighted by molar-refractivity contribution is 0.606. The molecule has 0 saturated heterocycles. The quantitative estimate of drug-likeness (QED) is 0.169. The van der Waals surface area contributed by atoms with Crippen molar-refractivity contribution in [3.63, 3.8) is 0 Å². The molecule has 0 radical (unpaired) electrons. The average molecular weight is 832 g/mol. The molecule has 2 spiro atoms. The fourth-order valence-electron chi connectivity index (χ4n) is 12.1. The van der Waals surface area contributed by atoms with Gasteiger partial charge >= 0.3 is 0 Å². The van der Waals surface area contributed by atoms with E-state index in [0.717, 1.165) is 52.7 Å². The summed E-state index contributed by atoms with van der Waals surface area (Å²) < 4.78 is 0. The van der Waals surface area contributed by atoms with Crippen LogP contribution < -0.4 is 15.5 Å². The normalized spacial score (nSPS) is 16.6. The average Bonchev–Trinajstić information content (AvgIpc) is 3.84. The molecule has 1 atom stereocenters. The molecule has 0 aromatic heterocycles. The van der Waals surface area contributed by atoms with Gasteiger partial charge in [0.2, 0.25) is 0 Å². The molecule has 13 rings (SSSR count). The predicted molar refractivity (Wildman–Crippen MR) is 269 cm³/mol. The van der Waals surface area contributed by atoms with Gasteiger partial charge in [-0.05, 0) is 165 Å². The minimum Gasteiger partial charge on any atom is -0.399 e. The molecule has 3 nitrogen and oxygen atoms in total. The Bertz CT molecular complexity index is 3300. The van der Waals surface area contributed by atoms with Gasteiger partial charge in [-0.25, -0.2) is 0 Å². The highest BCUT2D eigenvalue weighted by molar-refractivity contribution is 5.96. The number of anilines is 7. The molecule has 0 aliphatic heterocycles. The van der Waals surface area contributed by atoms with E-state index in [0.29, 0.717) is 0 Å². The number of rotatable bonds is 6. The van der Waals surface area contributed by atoms with Crippen LogP contribution in [0.1, 0.15) is 57.3 Å². The first-order valence-electron chi connectivity index (χ1n) is 22.8. The Kier molecular flexibility index (Phi) is 8.32. The van der Waals surface area contributed by atoms with Crippen LogP contribution in [0.4, 0.5) is 39.8 Å². The van der Waals surface area contributed by atoms with E-state index in [1.165, 1.54) is 66.8 Å². The Labute approximate surface area is 380 Å². The molecule has 65 heavy (non-hydrogen) atoms. The lowest BCUT2D eigenvalue weighted by atomic mass is 9.51. The highest BCUT2D eigenvalue weighted by atomic mass is 15.2. The molecule has 1 unspecified atom stereocenters. The number of allylic oxidation sites excluding steroid dienone is 4. The second-order valence-electron chi connectivity index (χ2n) is 17.7. The van der Waals surface area contributed by atoms with Crippen LogP contribution in [0.25, 0.3) is 16.7 Å². The summed E-state index contributed by atoms with van der Waals surface area (Å²) in [6.45, 7) is 0. The van der Waals surface area contributed by atoms with Crippen LogP contribution in [-0.2, 0) is 10.8 Å². The van der Waals surface area contributed by atoms with Gasteiger partial charge in [0.15, 0.2) is 0 Å². The zero-order valence-corrected chi connectivity index (χ0v) is 35.9. The fourth-order valence-corrected chi connectivity index (χ4v) is 12.1. The molecule has 2 N–H and O–H groups in total. The van der Waals surface area contributed by atoms with Crippen LogP contribution in [0.5, 0.6) is 0 Å². The first-order chi connectivity index (χ1) is 32.2. The Morgan fingerprint density at radius 3 is 1.31 bits per heavy atom. The predicted octanol–water partition coefficient (Wildman–Crippen LogP) is 15.3. The maximum absolute atomic E-state index is 6.40. The Balaban J connectivity index is 1.09. The van der Waals surface area contributed by atoms with E-state index < -0.39 is 10.8 Å². The summed E-state index contributed by atoms with van der Waals surface area (Å²) in [5.41, 5.74) is 28.8. The summed E-state index contributed by atoms with van der Waals surface area (Å²) >= 11 is 0. The van der Waals surface area contributed by atoms with Crippen molar-refractivity contribution in [2.75, 3.05) is 15.5 Å². The van der Waals surface area contributed by atoms with Gasteiger partial charge in [0.05, 0.1) is 10.8 Å². The molecule has 4 aliphatic carbocycles. The van der Waals surface area contributed by atoms with Crippen molar-refractivity contribution in [1.82, 2.24) is 0 Å². The number of hydrogen-bond acceptors (Lipinski definition) is 3. The maximum Gasteiger partial charge on any atom is 0.0720 e. The van der Waals surface area contributed by atoms with E-state index in [4.69, 9.17) is 5.73 Å². The van der Waals surface area contributed by atoms with Crippen LogP contribution in [0, 0.1) is 0 Å². The Morgan fingerprint density at radius 1 is 0.338 bits per heavy atom. The van der Waals surface area contributed by atoms with E-state index in [2.05, 4.69) is 234 Å². The standard InChI is InChI=1S/C62H45N3/c63-42-31-33-45(34-32-42)65(47-37-35-46(36-38-47)64(43-17-3-1-4-18-43)44-19-5-2-6-20-44)48-39-40-59-60(41-48)62(55-27-13-9-23-51(55)52-24-10-14-28-56(52)62)58-30-16-15-29-57(58)61(59)53-25-11-7-21-49(53)50-22-8-12-26-54(50)61/h1-13,15-27,29-41H,14,28,63H2. The van der Waals surface area contributed by atoms with Gasteiger partial charge < -0.3 is 15.5 Å². The maximum atomic E-state index is 6.40. The highest BCUT2D eigenvalue weighted by Crippen LogP contribution is 2.68. The number of para-hydroxylation sites is 2. The molecule has 0 saturated carbocycles. The fraction of sp³-hybridized carbons (Fsp3) is 0.0645. The molecule has 308 valence electrons. The van der Waals surface area contributed by atoms with Gasteiger partial charge in [0.1, 0.15) is 0 Å². The SMILES string of the molecule is Nc1ccc(N(c2ccc(N(c3ccccc3)c3ccccc3)cc2)c2ccc3c(c2)C2(C4=C(C=CCC4)c4ccccc42)c2ccccc2C32c3ccccc3-c3ccccc32)cc1. The molecule has 0 amide bonds. The summed E-state index contributed by atoms with van der Waals surface area (Å²) in [5.74, 6) is 0. The lowest BCUT2D eigenvalue weighted by Crippen LogP contribution is -2.44. The minimum atomic E-state index is -0.530. The molecule has 0 heterocycles. The number of nitrogens with zero attached hydrogens (tertiary/aromatic N) is 2. The highest BCUT2D eigenvalue weighted by Gasteiger charge is 2.59. The molecular formula is C62H45N3. The third-order valence-electron chi connectivity index (χ3n) is 14.5. The summed E-state index contributed by atoms with van der Waals surface area (Å²) in [6, 6.07) is 82.8. The van der Waals surface area contributed by atoms with Crippen molar-refractivity contribution in [2.24, 2.45) is 0 Å². The van der Waals surface area contributed by atoms with Crippen LogP contribution >= 0.6 is 0 Å². The molecule has 0 fully saturated rings. The van der Waals surface area contributed by atoms with Crippen molar-refractivity contribution < 1.29 is 0 Å². The van der Waals surface area contributed by atoms with Crippen LogP contribution in [-0.4, -0.2) is 0 Å². The molecule has 0 bridgehead atoms. The van der Waals surface area contributed by atoms with Crippen LogP contribution in [0.2, 0.25) is 0 Å². The van der Waals surface area contributed by atoms with Gasteiger partial charge in [0.25, 0.3) is 0 Å². The van der Waals surface area contributed by atoms with Gasteiger partial charge in [0, 0.05) is 39.8 Å². The van der Waals surface area contributed by atoms with Gasteiger partial charge in [-0.15, -0.1) is 0 Å². The van der Waals surface area contributed by atoms with Gasteiger partial charge in [-0.1, -0.05) is 152 Å². The second-order valence-corrected chi connectivity index (χ2v) is 17.7. The van der Waals surface area contributed by atoms with Crippen molar-refractivity contribution >= 4 is 45.4 Å². The van der Waals surface area contributed by atoms with Crippen molar-refractivity contribution in [3.8, 4) is 11.1 Å². The summed E-state index contributed by atoms with van der Waals surface area (Å²) in [7, 11) is 0. The lowest BCUT2D eigenvalue weighted by Gasteiger charge is -2.50. The van der Waals surface area contributed by atoms with E-state index in [-0.39, 0.29) is 0 Å². The number of nitrogens with two attached hydrogens (primary N) is 1.